The third kappa shape index (κ3) is 3.07. The third-order valence-corrected chi connectivity index (χ3v) is 2.90. The molecule has 2 rings (SSSR count). The van der Waals surface area contributed by atoms with Gasteiger partial charge in [-0.25, -0.2) is 4.39 Å². The van der Waals surface area contributed by atoms with Crippen LogP contribution in [0.1, 0.15) is 0 Å². The molecular weight excluding hydrogens is 255 g/mol. The molecule has 2 aromatic rings. The zero-order valence-electron chi connectivity index (χ0n) is 9.85. The molecule has 0 aliphatic heterocycles. The Morgan fingerprint density at radius 2 is 1.89 bits per heavy atom. The molecule has 1 heterocycles. The quantitative estimate of drug-likeness (QED) is 0.915. The van der Waals surface area contributed by atoms with Crippen molar-refractivity contribution in [2.24, 2.45) is 0 Å². The second kappa shape index (κ2) is 5.63. The lowest BCUT2D eigenvalue weighted by Gasteiger charge is -2.05. The summed E-state index contributed by atoms with van der Waals surface area (Å²) >= 11 is 1.31. The molecule has 1 N–H and O–H groups in total. The number of benzene rings is 1. The Labute approximate surface area is 108 Å². The molecule has 1 aromatic heterocycles. The molecule has 0 saturated carbocycles. The maximum Gasteiger partial charge on any atom is 0.321 e. The van der Waals surface area contributed by atoms with E-state index in [4.69, 9.17) is 4.74 Å². The molecule has 0 spiro atoms. The zero-order valence-corrected chi connectivity index (χ0v) is 10.7. The van der Waals surface area contributed by atoms with Gasteiger partial charge in [-0.2, -0.15) is 15.0 Å². The van der Waals surface area contributed by atoms with Crippen molar-refractivity contribution in [1.29, 1.82) is 0 Å². The molecule has 0 aliphatic carbocycles. The molecule has 0 amide bonds. The van der Waals surface area contributed by atoms with Gasteiger partial charge in [0, 0.05) is 11.9 Å². The van der Waals surface area contributed by atoms with Gasteiger partial charge in [0.15, 0.2) is 0 Å². The normalized spacial score (nSPS) is 10.2. The van der Waals surface area contributed by atoms with Crippen molar-refractivity contribution in [2.45, 2.75) is 10.1 Å². The first-order valence-corrected chi connectivity index (χ1v) is 5.94. The highest BCUT2D eigenvalue weighted by Crippen LogP contribution is 2.26. The van der Waals surface area contributed by atoms with Crippen molar-refractivity contribution in [3.8, 4) is 6.01 Å². The van der Waals surface area contributed by atoms with E-state index in [9.17, 15) is 4.39 Å². The number of ether oxygens (including phenoxy) is 1. The fraction of sp³-hybridized carbons (Fsp3) is 0.182. The van der Waals surface area contributed by atoms with E-state index in [-0.39, 0.29) is 11.8 Å². The van der Waals surface area contributed by atoms with Gasteiger partial charge < -0.3 is 10.1 Å². The number of halogens is 1. The predicted octanol–water partition coefficient (Wildman–Crippen LogP) is 2.21. The molecule has 5 nitrogen and oxygen atoms in total. The number of hydrogen-bond acceptors (Lipinski definition) is 6. The van der Waals surface area contributed by atoms with E-state index in [1.165, 1.54) is 31.0 Å². The summed E-state index contributed by atoms with van der Waals surface area (Å²) in [4.78, 5) is 13.1. The van der Waals surface area contributed by atoms with Crippen molar-refractivity contribution < 1.29 is 9.13 Å². The van der Waals surface area contributed by atoms with Gasteiger partial charge in [0.05, 0.1) is 7.11 Å². The van der Waals surface area contributed by atoms with Crippen LogP contribution in [0.2, 0.25) is 0 Å². The van der Waals surface area contributed by atoms with Gasteiger partial charge >= 0.3 is 6.01 Å². The highest BCUT2D eigenvalue weighted by atomic mass is 32.2. The van der Waals surface area contributed by atoms with Crippen LogP contribution in [0.3, 0.4) is 0 Å². The number of hydrogen-bond donors (Lipinski definition) is 1. The minimum atomic E-state index is -0.275. The van der Waals surface area contributed by atoms with Crippen molar-refractivity contribution in [1.82, 2.24) is 15.0 Å². The Bertz CT molecular complexity index is 513. The first-order chi connectivity index (χ1) is 8.71. The largest absolute Gasteiger partial charge is 0.467 e. The highest BCUT2D eigenvalue weighted by Gasteiger charge is 2.07. The molecule has 18 heavy (non-hydrogen) atoms. The molecule has 0 fully saturated rings. The second-order valence-corrected chi connectivity index (χ2v) is 4.27. The summed E-state index contributed by atoms with van der Waals surface area (Å²) < 4.78 is 17.8. The van der Waals surface area contributed by atoms with Crippen LogP contribution >= 0.6 is 11.8 Å². The number of nitrogens with one attached hydrogen (secondary N) is 1. The maximum absolute atomic E-state index is 12.8. The first-order valence-electron chi connectivity index (χ1n) is 5.12. The van der Waals surface area contributed by atoms with Crippen molar-refractivity contribution in [3.05, 3.63) is 30.1 Å². The van der Waals surface area contributed by atoms with E-state index in [1.807, 2.05) is 0 Å². The van der Waals surface area contributed by atoms with Crippen LogP contribution in [0.15, 0.2) is 34.3 Å². The van der Waals surface area contributed by atoms with E-state index < -0.39 is 0 Å². The summed E-state index contributed by atoms with van der Waals surface area (Å²) in [6.07, 6.45) is 0. The molecule has 0 saturated heterocycles. The molecule has 0 aliphatic rings. The van der Waals surface area contributed by atoms with Crippen LogP contribution in [0.25, 0.3) is 0 Å². The standard InChI is InChI=1S/C11H11FN4OS/c1-13-9-14-10(17-2)16-11(15-9)18-8-5-3-7(12)4-6-8/h3-6H,1-2H3,(H,13,14,15,16). The fourth-order valence-corrected chi connectivity index (χ4v) is 1.93. The number of nitrogens with zero attached hydrogens (tertiary/aromatic N) is 3. The van der Waals surface area contributed by atoms with Gasteiger partial charge in [0.1, 0.15) is 5.82 Å². The SMILES string of the molecule is CNc1nc(OC)nc(Sc2ccc(F)cc2)n1. The van der Waals surface area contributed by atoms with E-state index in [0.717, 1.165) is 4.90 Å². The van der Waals surface area contributed by atoms with E-state index in [2.05, 4.69) is 20.3 Å². The summed E-state index contributed by atoms with van der Waals surface area (Å²) in [5, 5.41) is 3.31. The average molecular weight is 266 g/mol. The monoisotopic (exact) mass is 266 g/mol. The van der Waals surface area contributed by atoms with Gasteiger partial charge in [0.2, 0.25) is 11.1 Å². The van der Waals surface area contributed by atoms with Crippen molar-refractivity contribution in [2.75, 3.05) is 19.5 Å². The third-order valence-electron chi connectivity index (χ3n) is 2.02. The van der Waals surface area contributed by atoms with Crippen LogP contribution in [0, 0.1) is 5.82 Å². The van der Waals surface area contributed by atoms with Crippen LogP contribution in [-0.2, 0) is 0 Å². The Kier molecular flexibility index (Phi) is 3.93. The van der Waals surface area contributed by atoms with E-state index in [1.54, 1.807) is 19.2 Å². The highest BCUT2D eigenvalue weighted by molar-refractivity contribution is 7.99. The van der Waals surface area contributed by atoms with E-state index >= 15 is 0 Å². The summed E-state index contributed by atoms with van der Waals surface area (Å²) in [5.41, 5.74) is 0. The molecule has 0 radical (unpaired) electrons. The lowest BCUT2D eigenvalue weighted by atomic mass is 10.4. The van der Waals surface area contributed by atoms with Crippen LogP contribution in [-0.4, -0.2) is 29.1 Å². The summed E-state index contributed by atoms with van der Waals surface area (Å²) in [7, 11) is 3.20. The number of aromatic nitrogens is 3. The summed E-state index contributed by atoms with van der Waals surface area (Å²) in [5.74, 6) is 0.148. The molecule has 0 bridgehead atoms. The molecule has 1 aromatic carbocycles. The van der Waals surface area contributed by atoms with Crippen molar-refractivity contribution in [3.63, 3.8) is 0 Å². The topological polar surface area (TPSA) is 59.9 Å². The van der Waals surface area contributed by atoms with Gasteiger partial charge in [-0.15, -0.1) is 0 Å². The molecule has 94 valence electrons. The summed E-state index contributed by atoms with van der Waals surface area (Å²) in [6.45, 7) is 0. The Morgan fingerprint density at radius 1 is 1.17 bits per heavy atom. The minimum absolute atomic E-state index is 0.235. The van der Waals surface area contributed by atoms with Crippen LogP contribution in [0.4, 0.5) is 10.3 Å². The van der Waals surface area contributed by atoms with E-state index in [0.29, 0.717) is 11.1 Å². The Balaban J connectivity index is 2.25. The predicted molar refractivity (Wildman–Crippen MR) is 66.4 cm³/mol. The molecule has 0 unspecified atom stereocenters. The Hall–Kier alpha value is -1.89. The van der Waals surface area contributed by atoms with Gasteiger partial charge in [-0.1, -0.05) is 0 Å². The average Bonchev–Trinajstić information content (AvgIpc) is 2.41. The number of anilines is 1. The molecular formula is C11H11FN4OS. The van der Waals surface area contributed by atoms with Crippen LogP contribution < -0.4 is 10.1 Å². The number of methoxy groups -OCH3 is 1. The van der Waals surface area contributed by atoms with Gasteiger partial charge in [-0.05, 0) is 36.0 Å². The number of rotatable bonds is 4. The molecule has 7 heteroatoms. The van der Waals surface area contributed by atoms with Gasteiger partial charge in [-0.3, -0.25) is 0 Å². The fourth-order valence-electron chi connectivity index (χ4n) is 1.19. The zero-order chi connectivity index (χ0) is 13.0. The lowest BCUT2D eigenvalue weighted by Crippen LogP contribution is -2.02. The van der Waals surface area contributed by atoms with Gasteiger partial charge in [0.25, 0.3) is 0 Å². The summed E-state index contributed by atoms with van der Waals surface area (Å²) in [6, 6.07) is 6.34. The maximum atomic E-state index is 12.8. The second-order valence-electron chi connectivity index (χ2n) is 3.23. The molecule has 0 atom stereocenters. The minimum Gasteiger partial charge on any atom is -0.467 e. The van der Waals surface area contributed by atoms with Crippen LogP contribution in [0.5, 0.6) is 6.01 Å². The smallest absolute Gasteiger partial charge is 0.321 e. The first kappa shape index (κ1) is 12.6. The van der Waals surface area contributed by atoms with Crippen molar-refractivity contribution >= 4 is 17.7 Å². The Morgan fingerprint density at radius 3 is 2.50 bits per heavy atom. The lowest BCUT2D eigenvalue weighted by molar-refractivity contribution is 0.374.